The van der Waals surface area contributed by atoms with Gasteiger partial charge in [0, 0.05) is 6.54 Å². The van der Waals surface area contributed by atoms with Gasteiger partial charge in [0.25, 0.3) is 0 Å². The van der Waals surface area contributed by atoms with E-state index in [9.17, 15) is 0 Å². The van der Waals surface area contributed by atoms with Gasteiger partial charge in [0.05, 0.1) is 0 Å². The van der Waals surface area contributed by atoms with Gasteiger partial charge in [-0.2, -0.15) is 0 Å². The Kier molecular flexibility index (Phi) is 6.34. The standard InChI is InChI=1S/C7H15Cl2NSi/c1-3-5-10-6-4-7-11(2,8)9/h3,10H,1,4-7H2,2H3. The van der Waals surface area contributed by atoms with E-state index in [4.69, 9.17) is 22.2 Å². The largest absolute Gasteiger partial charge is 0.313 e. The van der Waals surface area contributed by atoms with E-state index in [0.29, 0.717) is 0 Å². The van der Waals surface area contributed by atoms with Gasteiger partial charge < -0.3 is 5.32 Å². The first kappa shape index (κ1) is 11.5. The van der Waals surface area contributed by atoms with Crippen molar-refractivity contribution in [3.8, 4) is 0 Å². The number of halogens is 2. The van der Waals surface area contributed by atoms with Crippen LogP contribution < -0.4 is 5.32 Å². The molecule has 4 heteroatoms. The van der Waals surface area contributed by atoms with Crippen LogP contribution in [0.5, 0.6) is 0 Å². The van der Waals surface area contributed by atoms with Crippen LogP contribution in [0.4, 0.5) is 0 Å². The summed E-state index contributed by atoms with van der Waals surface area (Å²) in [5.74, 6) is 0. The molecule has 0 aliphatic rings. The van der Waals surface area contributed by atoms with Crippen molar-refractivity contribution in [1.29, 1.82) is 0 Å². The van der Waals surface area contributed by atoms with Crippen LogP contribution in [0.3, 0.4) is 0 Å². The highest BCUT2D eigenvalue weighted by Gasteiger charge is 2.19. The second kappa shape index (κ2) is 6.06. The smallest absolute Gasteiger partial charge is 0.248 e. The van der Waals surface area contributed by atoms with Gasteiger partial charge in [-0.25, -0.2) is 0 Å². The average Bonchev–Trinajstić information content (AvgIpc) is 1.85. The van der Waals surface area contributed by atoms with Crippen LogP contribution in [0.1, 0.15) is 6.42 Å². The minimum Gasteiger partial charge on any atom is -0.313 e. The summed E-state index contributed by atoms with van der Waals surface area (Å²) in [6.07, 6.45) is 2.90. The number of rotatable bonds is 6. The predicted octanol–water partition coefficient (Wildman–Crippen LogP) is 2.70. The highest BCUT2D eigenvalue weighted by molar-refractivity contribution is 7.44. The molecule has 0 aromatic rings. The molecule has 0 aromatic carbocycles. The second-order valence-electron chi connectivity index (χ2n) is 2.67. The summed E-state index contributed by atoms with van der Waals surface area (Å²) in [7, 11) is 0. The molecule has 0 saturated carbocycles. The Balaban J connectivity index is 3.08. The molecule has 0 saturated heterocycles. The number of nitrogens with one attached hydrogen (secondary N) is 1. The van der Waals surface area contributed by atoms with Crippen LogP contribution in [0, 0.1) is 0 Å². The van der Waals surface area contributed by atoms with Gasteiger partial charge in [0.15, 0.2) is 0 Å². The first-order valence-electron chi connectivity index (χ1n) is 3.76. The maximum atomic E-state index is 5.90. The van der Waals surface area contributed by atoms with Crippen molar-refractivity contribution in [1.82, 2.24) is 5.32 Å². The molecule has 0 bridgehead atoms. The lowest BCUT2D eigenvalue weighted by Gasteiger charge is -2.09. The molecule has 0 amide bonds. The molecule has 0 rings (SSSR count). The Morgan fingerprint density at radius 1 is 1.55 bits per heavy atom. The second-order valence-corrected chi connectivity index (χ2v) is 10.9. The van der Waals surface area contributed by atoms with Crippen LogP contribution >= 0.6 is 22.2 Å². The van der Waals surface area contributed by atoms with Crippen molar-refractivity contribution in [2.75, 3.05) is 13.1 Å². The molecule has 0 unspecified atom stereocenters. The van der Waals surface area contributed by atoms with E-state index in [-0.39, 0.29) is 0 Å². The van der Waals surface area contributed by atoms with Gasteiger partial charge in [-0.05, 0) is 25.6 Å². The quantitative estimate of drug-likeness (QED) is 0.309. The zero-order valence-corrected chi connectivity index (χ0v) is 9.38. The van der Waals surface area contributed by atoms with Gasteiger partial charge in [-0.3, -0.25) is 0 Å². The van der Waals surface area contributed by atoms with E-state index in [0.717, 1.165) is 25.6 Å². The van der Waals surface area contributed by atoms with E-state index in [1.165, 1.54) is 0 Å². The highest BCUT2D eigenvalue weighted by atomic mass is 35.7. The molecule has 66 valence electrons. The topological polar surface area (TPSA) is 12.0 Å². The monoisotopic (exact) mass is 211 g/mol. The molecule has 1 N–H and O–H groups in total. The molecular weight excluding hydrogens is 197 g/mol. The Morgan fingerprint density at radius 3 is 2.64 bits per heavy atom. The fraction of sp³-hybridized carbons (Fsp3) is 0.714. The van der Waals surface area contributed by atoms with Crippen molar-refractivity contribution in [2.24, 2.45) is 0 Å². The Hall–Kier alpha value is 0.497. The van der Waals surface area contributed by atoms with Gasteiger partial charge in [0.2, 0.25) is 6.69 Å². The van der Waals surface area contributed by atoms with Crippen molar-refractivity contribution < 1.29 is 0 Å². The minimum atomic E-state index is -1.84. The van der Waals surface area contributed by atoms with Crippen LogP contribution in [0.2, 0.25) is 12.6 Å². The maximum Gasteiger partial charge on any atom is 0.248 e. The van der Waals surface area contributed by atoms with E-state index < -0.39 is 6.69 Å². The molecule has 0 atom stereocenters. The Morgan fingerprint density at radius 2 is 2.18 bits per heavy atom. The van der Waals surface area contributed by atoms with Crippen molar-refractivity contribution in [3.63, 3.8) is 0 Å². The molecule has 0 radical (unpaired) electrons. The third-order valence-corrected chi connectivity index (χ3v) is 3.62. The molecule has 0 aliphatic carbocycles. The highest BCUT2D eigenvalue weighted by Crippen LogP contribution is 2.20. The minimum absolute atomic E-state index is 0.864. The fourth-order valence-electron chi connectivity index (χ4n) is 0.728. The zero-order chi connectivity index (χ0) is 8.74. The van der Waals surface area contributed by atoms with Crippen LogP contribution in [-0.2, 0) is 0 Å². The molecule has 0 heterocycles. The van der Waals surface area contributed by atoms with E-state index >= 15 is 0 Å². The van der Waals surface area contributed by atoms with Crippen molar-refractivity contribution in [3.05, 3.63) is 12.7 Å². The maximum absolute atomic E-state index is 5.90. The van der Waals surface area contributed by atoms with E-state index in [1.807, 2.05) is 12.6 Å². The normalized spacial score (nSPS) is 11.5. The third kappa shape index (κ3) is 10.5. The van der Waals surface area contributed by atoms with Gasteiger partial charge in [0.1, 0.15) is 0 Å². The van der Waals surface area contributed by atoms with Crippen molar-refractivity contribution >= 4 is 28.9 Å². The lowest BCUT2D eigenvalue weighted by molar-refractivity contribution is 0.727. The average molecular weight is 212 g/mol. The molecular formula is C7H15Cl2NSi. The van der Waals surface area contributed by atoms with Crippen LogP contribution in [0.25, 0.3) is 0 Å². The van der Waals surface area contributed by atoms with Crippen LogP contribution in [-0.4, -0.2) is 19.8 Å². The van der Waals surface area contributed by atoms with Gasteiger partial charge in [-0.15, -0.1) is 28.7 Å². The Bertz CT molecular complexity index is 111. The summed E-state index contributed by atoms with van der Waals surface area (Å²) in [4.78, 5) is 0. The SMILES string of the molecule is C=CCNCCC[Si](C)(Cl)Cl. The molecule has 0 spiro atoms. The first-order chi connectivity index (χ1) is 5.06. The third-order valence-electron chi connectivity index (χ3n) is 1.26. The number of hydrogen-bond donors (Lipinski definition) is 1. The molecule has 11 heavy (non-hydrogen) atoms. The predicted molar refractivity (Wildman–Crippen MR) is 55.8 cm³/mol. The van der Waals surface area contributed by atoms with Gasteiger partial charge >= 0.3 is 0 Å². The lowest BCUT2D eigenvalue weighted by Crippen LogP contribution is -2.19. The van der Waals surface area contributed by atoms with E-state index in [2.05, 4.69) is 11.9 Å². The van der Waals surface area contributed by atoms with Gasteiger partial charge in [-0.1, -0.05) is 6.08 Å². The first-order valence-corrected chi connectivity index (χ1v) is 8.49. The molecule has 0 fully saturated rings. The van der Waals surface area contributed by atoms with Crippen molar-refractivity contribution in [2.45, 2.75) is 19.0 Å². The summed E-state index contributed by atoms with van der Waals surface area (Å²) in [6, 6.07) is 0.959. The zero-order valence-electron chi connectivity index (χ0n) is 6.87. The molecule has 0 aliphatic heterocycles. The lowest BCUT2D eigenvalue weighted by atomic mass is 10.4. The van der Waals surface area contributed by atoms with E-state index in [1.54, 1.807) is 0 Å². The molecule has 1 nitrogen and oxygen atoms in total. The Labute approximate surface area is 79.2 Å². The summed E-state index contributed by atoms with van der Waals surface area (Å²) < 4.78 is 0. The summed E-state index contributed by atoms with van der Waals surface area (Å²) in [5, 5.41) is 3.19. The summed E-state index contributed by atoms with van der Waals surface area (Å²) in [6.45, 7) is 5.55. The fourth-order valence-corrected chi connectivity index (χ4v) is 2.33. The van der Waals surface area contributed by atoms with Crippen LogP contribution in [0.15, 0.2) is 12.7 Å². The summed E-state index contributed by atoms with van der Waals surface area (Å²) in [5.41, 5.74) is 0. The summed E-state index contributed by atoms with van der Waals surface area (Å²) >= 11 is 11.8. The number of hydrogen-bond acceptors (Lipinski definition) is 1. The molecule has 0 aromatic heterocycles.